The van der Waals surface area contributed by atoms with E-state index in [0.29, 0.717) is 19.5 Å². The SMILES string of the molecule is CC(=O)N1CCC(c2nc([C@H]3CC(=O)N(Cc4ccccc4)C3)cc(N(C)C)n2)CC1. The highest BCUT2D eigenvalue weighted by Gasteiger charge is 2.33. The molecule has 3 heterocycles. The third-order valence-corrected chi connectivity index (χ3v) is 6.36. The standard InChI is InChI=1S/C24H31N5O2/c1-17(30)28-11-9-19(10-12-28)24-25-21(14-22(26-24)27(2)3)20-13-23(31)29(16-20)15-18-7-5-4-6-8-18/h4-8,14,19-20H,9-13,15-16H2,1-3H3/t20-/m0/s1. The summed E-state index contributed by atoms with van der Waals surface area (Å²) >= 11 is 0. The van der Waals surface area contributed by atoms with Gasteiger partial charge in [0.15, 0.2) is 0 Å². The predicted octanol–water partition coefficient (Wildman–Crippen LogP) is 2.78. The molecule has 0 unspecified atom stereocenters. The Morgan fingerprint density at radius 1 is 1.10 bits per heavy atom. The molecule has 2 saturated heterocycles. The van der Waals surface area contributed by atoms with Crippen LogP contribution in [0, 0.1) is 0 Å². The number of anilines is 1. The summed E-state index contributed by atoms with van der Waals surface area (Å²) < 4.78 is 0. The molecular weight excluding hydrogens is 390 g/mol. The van der Waals surface area contributed by atoms with Crippen LogP contribution in [0.15, 0.2) is 36.4 Å². The molecule has 0 bridgehead atoms. The lowest BCUT2D eigenvalue weighted by atomic mass is 9.95. The first kappa shape index (κ1) is 21.3. The van der Waals surface area contributed by atoms with E-state index in [2.05, 4.69) is 12.1 Å². The molecule has 0 aliphatic carbocycles. The average molecular weight is 422 g/mol. The Balaban J connectivity index is 1.53. The zero-order valence-electron chi connectivity index (χ0n) is 18.6. The van der Waals surface area contributed by atoms with Gasteiger partial charge in [-0.25, -0.2) is 9.97 Å². The third-order valence-electron chi connectivity index (χ3n) is 6.36. The minimum atomic E-state index is 0.0778. The highest BCUT2D eigenvalue weighted by Crippen LogP contribution is 2.32. The molecule has 1 atom stereocenters. The van der Waals surface area contributed by atoms with E-state index in [-0.39, 0.29) is 23.7 Å². The molecule has 2 aliphatic rings. The maximum atomic E-state index is 12.7. The Kier molecular flexibility index (Phi) is 6.20. The summed E-state index contributed by atoms with van der Waals surface area (Å²) in [4.78, 5) is 39.9. The molecule has 7 heteroatoms. The molecule has 0 spiro atoms. The van der Waals surface area contributed by atoms with E-state index < -0.39 is 0 Å². The third kappa shape index (κ3) is 4.86. The van der Waals surface area contributed by atoms with Crippen molar-refractivity contribution in [2.24, 2.45) is 0 Å². The number of rotatable bonds is 5. The van der Waals surface area contributed by atoms with Crippen molar-refractivity contribution in [3.8, 4) is 0 Å². The van der Waals surface area contributed by atoms with Crippen LogP contribution in [0.4, 0.5) is 5.82 Å². The summed E-state index contributed by atoms with van der Waals surface area (Å²) in [6.07, 6.45) is 2.23. The zero-order valence-corrected chi connectivity index (χ0v) is 18.6. The second-order valence-corrected chi connectivity index (χ2v) is 8.84. The first-order chi connectivity index (χ1) is 14.9. The van der Waals surface area contributed by atoms with E-state index in [1.165, 1.54) is 0 Å². The van der Waals surface area contributed by atoms with Gasteiger partial charge in [-0.15, -0.1) is 0 Å². The van der Waals surface area contributed by atoms with Crippen LogP contribution in [0.2, 0.25) is 0 Å². The average Bonchev–Trinajstić information content (AvgIpc) is 3.14. The monoisotopic (exact) mass is 421 g/mol. The molecule has 7 nitrogen and oxygen atoms in total. The quantitative estimate of drug-likeness (QED) is 0.743. The molecule has 2 amide bonds. The minimum Gasteiger partial charge on any atom is -0.363 e. The molecule has 31 heavy (non-hydrogen) atoms. The van der Waals surface area contributed by atoms with Crippen LogP contribution >= 0.6 is 0 Å². The van der Waals surface area contributed by atoms with Crippen molar-refractivity contribution in [2.75, 3.05) is 38.6 Å². The maximum absolute atomic E-state index is 12.7. The number of nitrogens with zero attached hydrogens (tertiary/aromatic N) is 5. The second kappa shape index (κ2) is 9.04. The van der Waals surface area contributed by atoms with Gasteiger partial charge in [-0.2, -0.15) is 0 Å². The van der Waals surface area contributed by atoms with Gasteiger partial charge >= 0.3 is 0 Å². The van der Waals surface area contributed by atoms with E-state index in [1.54, 1.807) is 6.92 Å². The summed E-state index contributed by atoms with van der Waals surface area (Å²) in [6, 6.07) is 12.1. The van der Waals surface area contributed by atoms with Gasteiger partial charge in [0, 0.05) is 71.5 Å². The van der Waals surface area contributed by atoms with Crippen LogP contribution in [-0.4, -0.2) is 65.3 Å². The van der Waals surface area contributed by atoms with Gasteiger partial charge < -0.3 is 14.7 Å². The molecular formula is C24H31N5O2. The van der Waals surface area contributed by atoms with Crippen molar-refractivity contribution in [1.29, 1.82) is 0 Å². The van der Waals surface area contributed by atoms with Crippen LogP contribution < -0.4 is 4.90 Å². The Hall–Kier alpha value is -2.96. The van der Waals surface area contributed by atoms with Gasteiger partial charge in [0.25, 0.3) is 0 Å². The van der Waals surface area contributed by atoms with Crippen molar-refractivity contribution in [3.05, 3.63) is 53.5 Å². The van der Waals surface area contributed by atoms with E-state index >= 15 is 0 Å². The van der Waals surface area contributed by atoms with Crippen molar-refractivity contribution < 1.29 is 9.59 Å². The zero-order chi connectivity index (χ0) is 22.0. The molecule has 2 aromatic rings. The largest absolute Gasteiger partial charge is 0.363 e. The van der Waals surface area contributed by atoms with Gasteiger partial charge in [0.1, 0.15) is 11.6 Å². The maximum Gasteiger partial charge on any atom is 0.223 e. The number of piperidine rings is 1. The highest BCUT2D eigenvalue weighted by atomic mass is 16.2. The lowest BCUT2D eigenvalue weighted by molar-refractivity contribution is -0.130. The minimum absolute atomic E-state index is 0.0778. The summed E-state index contributed by atoms with van der Waals surface area (Å²) in [6.45, 7) is 4.44. The first-order valence-corrected chi connectivity index (χ1v) is 11.0. The predicted molar refractivity (Wildman–Crippen MR) is 120 cm³/mol. The Morgan fingerprint density at radius 2 is 1.81 bits per heavy atom. The molecule has 164 valence electrons. The van der Waals surface area contributed by atoms with E-state index in [1.807, 2.05) is 53.1 Å². The smallest absolute Gasteiger partial charge is 0.223 e. The number of likely N-dealkylation sites (tertiary alicyclic amines) is 2. The lowest BCUT2D eigenvalue weighted by Gasteiger charge is -2.31. The number of hydrogen-bond donors (Lipinski definition) is 0. The van der Waals surface area contributed by atoms with Crippen molar-refractivity contribution in [1.82, 2.24) is 19.8 Å². The second-order valence-electron chi connectivity index (χ2n) is 8.84. The molecule has 0 N–H and O–H groups in total. The van der Waals surface area contributed by atoms with E-state index in [4.69, 9.17) is 9.97 Å². The molecule has 2 fully saturated rings. The Bertz CT molecular complexity index is 938. The molecule has 1 aromatic heterocycles. The summed E-state index contributed by atoms with van der Waals surface area (Å²) in [5, 5.41) is 0. The fourth-order valence-electron chi connectivity index (χ4n) is 4.47. The van der Waals surface area contributed by atoms with E-state index in [0.717, 1.165) is 48.8 Å². The normalized spacial score (nSPS) is 19.7. The number of aromatic nitrogens is 2. The molecule has 0 radical (unpaired) electrons. The summed E-state index contributed by atoms with van der Waals surface area (Å²) in [7, 11) is 3.96. The number of hydrogen-bond acceptors (Lipinski definition) is 5. The number of benzene rings is 1. The summed E-state index contributed by atoms with van der Waals surface area (Å²) in [5.74, 6) is 2.35. The first-order valence-electron chi connectivity index (χ1n) is 11.0. The Morgan fingerprint density at radius 3 is 2.45 bits per heavy atom. The van der Waals surface area contributed by atoms with Crippen molar-refractivity contribution >= 4 is 17.6 Å². The van der Waals surface area contributed by atoms with Gasteiger partial charge in [-0.1, -0.05) is 30.3 Å². The van der Waals surface area contributed by atoms with Crippen LogP contribution in [0.5, 0.6) is 0 Å². The number of amides is 2. The van der Waals surface area contributed by atoms with Crippen molar-refractivity contribution in [2.45, 2.75) is 44.6 Å². The van der Waals surface area contributed by atoms with Crippen LogP contribution in [0.25, 0.3) is 0 Å². The van der Waals surface area contributed by atoms with Gasteiger partial charge in [-0.05, 0) is 18.4 Å². The van der Waals surface area contributed by atoms with Crippen LogP contribution in [0.3, 0.4) is 0 Å². The molecule has 1 aromatic carbocycles. The molecule has 2 aliphatic heterocycles. The number of carbonyl (C=O) groups is 2. The lowest BCUT2D eigenvalue weighted by Crippen LogP contribution is -2.36. The highest BCUT2D eigenvalue weighted by molar-refractivity contribution is 5.79. The summed E-state index contributed by atoms with van der Waals surface area (Å²) in [5.41, 5.74) is 2.10. The fourth-order valence-corrected chi connectivity index (χ4v) is 4.47. The molecule has 4 rings (SSSR count). The topological polar surface area (TPSA) is 69.6 Å². The fraction of sp³-hybridized carbons (Fsp3) is 0.500. The Labute approximate surface area is 184 Å². The van der Waals surface area contributed by atoms with Crippen LogP contribution in [-0.2, 0) is 16.1 Å². The van der Waals surface area contributed by atoms with Crippen LogP contribution in [0.1, 0.15) is 55.1 Å². The molecule has 0 saturated carbocycles. The van der Waals surface area contributed by atoms with Crippen molar-refractivity contribution in [3.63, 3.8) is 0 Å². The van der Waals surface area contributed by atoms with Gasteiger partial charge in [-0.3, -0.25) is 9.59 Å². The number of carbonyl (C=O) groups excluding carboxylic acids is 2. The van der Waals surface area contributed by atoms with E-state index in [9.17, 15) is 9.59 Å². The van der Waals surface area contributed by atoms with Gasteiger partial charge in [0.2, 0.25) is 11.8 Å². The van der Waals surface area contributed by atoms with Gasteiger partial charge in [0.05, 0.1) is 5.69 Å².